The molecule has 1 N–H and O–H groups in total. The summed E-state index contributed by atoms with van der Waals surface area (Å²) in [7, 11) is 0. The molecule has 2 atom stereocenters. The van der Waals surface area contributed by atoms with Crippen molar-refractivity contribution in [3.8, 4) is 0 Å². The van der Waals surface area contributed by atoms with E-state index in [9.17, 15) is 0 Å². The highest BCUT2D eigenvalue weighted by Crippen LogP contribution is 2.57. The van der Waals surface area contributed by atoms with E-state index in [2.05, 4.69) is 26.1 Å². The minimum atomic E-state index is 0.579. The molecule has 1 saturated carbocycles. The molecule has 1 aliphatic heterocycles. The average Bonchev–Trinajstić information content (AvgIpc) is 2.45. The molecule has 12 heavy (non-hydrogen) atoms. The zero-order chi connectivity index (χ0) is 8.82. The maximum absolute atomic E-state index is 3.56. The van der Waals surface area contributed by atoms with Crippen LogP contribution in [-0.2, 0) is 0 Å². The smallest absolute Gasteiger partial charge is 0.00161 e. The molecule has 1 nitrogen and oxygen atoms in total. The van der Waals surface area contributed by atoms with E-state index in [0.29, 0.717) is 10.8 Å². The van der Waals surface area contributed by atoms with E-state index in [1.807, 2.05) is 0 Å². The van der Waals surface area contributed by atoms with Gasteiger partial charge in [-0.3, -0.25) is 0 Å². The largest absolute Gasteiger partial charge is 0.316 e. The summed E-state index contributed by atoms with van der Waals surface area (Å²) in [6, 6.07) is 0. The molecule has 0 radical (unpaired) electrons. The third kappa shape index (κ3) is 0.891. The lowest BCUT2D eigenvalue weighted by molar-refractivity contribution is 0.0863. The van der Waals surface area contributed by atoms with Crippen LogP contribution in [0.2, 0.25) is 0 Å². The fourth-order valence-corrected chi connectivity index (χ4v) is 3.56. The van der Waals surface area contributed by atoms with Gasteiger partial charge in [-0.15, -0.1) is 0 Å². The van der Waals surface area contributed by atoms with Gasteiger partial charge in [0.1, 0.15) is 0 Å². The first-order valence-corrected chi connectivity index (χ1v) is 5.29. The van der Waals surface area contributed by atoms with Crippen molar-refractivity contribution in [1.82, 2.24) is 5.32 Å². The van der Waals surface area contributed by atoms with Crippen LogP contribution in [0.1, 0.15) is 40.0 Å². The second kappa shape index (κ2) is 2.47. The molecule has 1 aliphatic carbocycles. The summed E-state index contributed by atoms with van der Waals surface area (Å²) >= 11 is 0. The Hall–Kier alpha value is -0.0400. The molecule has 1 heteroatoms. The van der Waals surface area contributed by atoms with E-state index < -0.39 is 0 Å². The fraction of sp³-hybridized carbons (Fsp3) is 1.00. The van der Waals surface area contributed by atoms with Gasteiger partial charge in [0.2, 0.25) is 0 Å². The van der Waals surface area contributed by atoms with Crippen molar-refractivity contribution >= 4 is 0 Å². The number of nitrogens with one attached hydrogen (secondary N) is 1. The van der Waals surface area contributed by atoms with E-state index in [4.69, 9.17) is 0 Å². The minimum Gasteiger partial charge on any atom is -0.316 e. The van der Waals surface area contributed by atoms with Crippen molar-refractivity contribution in [3.05, 3.63) is 0 Å². The van der Waals surface area contributed by atoms with Crippen LogP contribution in [0.5, 0.6) is 0 Å². The molecule has 0 aromatic heterocycles. The fourth-order valence-electron chi connectivity index (χ4n) is 3.56. The molecule has 0 aromatic carbocycles. The van der Waals surface area contributed by atoms with Crippen LogP contribution in [0, 0.1) is 16.7 Å². The Morgan fingerprint density at radius 3 is 2.42 bits per heavy atom. The SMILES string of the molecule is CC1CNCC12CCCC2(C)C. The van der Waals surface area contributed by atoms with Gasteiger partial charge in [0.15, 0.2) is 0 Å². The van der Waals surface area contributed by atoms with Gasteiger partial charge in [0.05, 0.1) is 0 Å². The van der Waals surface area contributed by atoms with E-state index in [0.717, 1.165) is 5.92 Å². The van der Waals surface area contributed by atoms with Crippen LogP contribution in [0.4, 0.5) is 0 Å². The number of hydrogen-bond acceptors (Lipinski definition) is 1. The Morgan fingerprint density at radius 2 is 2.00 bits per heavy atom. The molecule has 1 heterocycles. The predicted molar refractivity (Wildman–Crippen MR) is 52.1 cm³/mol. The Labute approximate surface area is 75.9 Å². The summed E-state index contributed by atoms with van der Waals surface area (Å²) in [6.07, 6.45) is 4.33. The van der Waals surface area contributed by atoms with Gasteiger partial charge in [-0.25, -0.2) is 0 Å². The van der Waals surface area contributed by atoms with Gasteiger partial charge in [-0.1, -0.05) is 27.2 Å². The van der Waals surface area contributed by atoms with Crippen LogP contribution >= 0.6 is 0 Å². The van der Waals surface area contributed by atoms with Crippen molar-refractivity contribution in [1.29, 1.82) is 0 Å². The summed E-state index contributed by atoms with van der Waals surface area (Å²) in [4.78, 5) is 0. The molecule has 0 aromatic rings. The van der Waals surface area contributed by atoms with Gasteiger partial charge in [0, 0.05) is 6.54 Å². The molecule has 2 aliphatic rings. The van der Waals surface area contributed by atoms with Gasteiger partial charge in [-0.2, -0.15) is 0 Å². The first-order valence-electron chi connectivity index (χ1n) is 5.29. The van der Waals surface area contributed by atoms with Crippen LogP contribution in [0.3, 0.4) is 0 Å². The van der Waals surface area contributed by atoms with Crippen LogP contribution in [0.15, 0.2) is 0 Å². The lowest BCUT2D eigenvalue weighted by Crippen LogP contribution is -2.38. The van der Waals surface area contributed by atoms with E-state index in [-0.39, 0.29) is 0 Å². The van der Waals surface area contributed by atoms with Crippen molar-refractivity contribution in [2.45, 2.75) is 40.0 Å². The highest BCUT2D eigenvalue weighted by atomic mass is 15.0. The van der Waals surface area contributed by atoms with Gasteiger partial charge in [-0.05, 0) is 36.1 Å². The topological polar surface area (TPSA) is 12.0 Å². The quantitative estimate of drug-likeness (QED) is 0.584. The van der Waals surface area contributed by atoms with Gasteiger partial charge in [0.25, 0.3) is 0 Å². The molecule has 2 unspecified atom stereocenters. The number of hydrogen-bond donors (Lipinski definition) is 1. The summed E-state index contributed by atoms with van der Waals surface area (Å²) in [5.74, 6) is 0.884. The van der Waals surface area contributed by atoms with Crippen molar-refractivity contribution in [2.75, 3.05) is 13.1 Å². The third-order valence-electron chi connectivity index (χ3n) is 4.61. The maximum Gasteiger partial charge on any atom is 0.00161 e. The lowest BCUT2D eigenvalue weighted by Gasteiger charge is -2.41. The molecule has 1 saturated heterocycles. The minimum absolute atomic E-state index is 0.579. The third-order valence-corrected chi connectivity index (χ3v) is 4.61. The first kappa shape index (κ1) is 8.55. The summed E-state index contributed by atoms with van der Waals surface area (Å²) in [5, 5.41) is 3.56. The summed E-state index contributed by atoms with van der Waals surface area (Å²) in [5.41, 5.74) is 1.21. The van der Waals surface area contributed by atoms with Gasteiger partial charge < -0.3 is 5.32 Å². The maximum atomic E-state index is 3.56. The molecule has 70 valence electrons. The molecule has 2 fully saturated rings. The second-order valence-corrected chi connectivity index (χ2v) is 5.43. The zero-order valence-corrected chi connectivity index (χ0v) is 8.61. The Bertz CT molecular complexity index is 181. The summed E-state index contributed by atoms with van der Waals surface area (Å²) < 4.78 is 0. The van der Waals surface area contributed by atoms with E-state index >= 15 is 0 Å². The standard InChI is InChI=1S/C11H21N/c1-9-7-12-8-11(9)6-4-5-10(11,2)3/h9,12H,4-8H2,1-3H3. The van der Waals surface area contributed by atoms with Crippen molar-refractivity contribution in [2.24, 2.45) is 16.7 Å². The molecule has 2 rings (SSSR count). The van der Waals surface area contributed by atoms with Crippen LogP contribution in [0.25, 0.3) is 0 Å². The van der Waals surface area contributed by atoms with Gasteiger partial charge >= 0.3 is 0 Å². The van der Waals surface area contributed by atoms with Crippen molar-refractivity contribution < 1.29 is 0 Å². The second-order valence-electron chi connectivity index (χ2n) is 5.43. The zero-order valence-electron chi connectivity index (χ0n) is 8.61. The monoisotopic (exact) mass is 167 g/mol. The van der Waals surface area contributed by atoms with Crippen LogP contribution < -0.4 is 5.32 Å². The van der Waals surface area contributed by atoms with E-state index in [1.165, 1.54) is 32.4 Å². The molecule has 0 bridgehead atoms. The molecule has 0 amide bonds. The highest BCUT2D eigenvalue weighted by molar-refractivity contribution is 5.05. The first-order chi connectivity index (χ1) is 5.58. The van der Waals surface area contributed by atoms with Crippen LogP contribution in [-0.4, -0.2) is 13.1 Å². The molecular weight excluding hydrogens is 146 g/mol. The Morgan fingerprint density at radius 1 is 1.25 bits per heavy atom. The molecule has 1 spiro atoms. The Kier molecular flexibility index (Phi) is 1.76. The predicted octanol–water partition coefficient (Wildman–Crippen LogP) is 2.42. The van der Waals surface area contributed by atoms with Crippen molar-refractivity contribution in [3.63, 3.8) is 0 Å². The highest BCUT2D eigenvalue weighted by Gasteiger charge is 2.53. The normalized spacial score (nSPS) is 45.8. The lowest BCUT2D eigenvalue weighted by atomic mass is 9.63. The average molecular weight is 167 g/mol. The summed E-state index contributed by atoms with van der Waals surface area (Å²) in [6.45, 7) is 9.85. The van der Waals surface area contributed by atoms with E-state index in [1.54, 1.807) is 0 Å². The number of rotatable bonds is 0. The Balaban J connectivity index is 2.29. The molecular formula is C11H21N.